The van der Waals surface area contributed by atoms with Gasteiger partial charge in [-0.3, -0.25) is 4.79 Å². The third kappa shape index (κ3) is 5.27. The largest absolute Gasteiger partial charge is 0.489 e. The molecule has 6 heteroatoms. The number of rotatable bonds is 6. The molecule has 1 aliphatic rings. The van der Waals surface area contributed by atoms with Gasteiger partial charge in [0.25, 0.3) is 0 Å². The second kappa shape index (κ2) is 8.60. The fourth-order valence-electron chi connectivity index (χ4n) is 2.60. The summed E-state index contributed by atoms with van der Waals surface area (Å²) in [5.41, 5.74) is 1.20. The standard InChI is InChI=1S/C19H21FN2O3/c20-18-4-2-1-3-14(18)12-25-17-7-5-15(6-8-17)22-19(23)11-16-13-24-10-9-21-16/h1-8,16,21H,9-13H2,(H,22,23). The van der Waals surface area contributed by atoms with Gasteiger partial charge in [-0.25, -0.2) is 4.39 Å². The number of morpholine rings is 1. The SMILES string of the molecule is O=C(CC1COCCN1)Nc1ccc(OCc2ccccc2F)cc1. The Morgan fingerprint density at radius 2 is 2.04 bits per heavy atom. The van der Waals surface area contributed by atoms with E-state index < -0.39 is 0 Å². The van der Waals surface area contributed by atoms with Crippen LogP contribution >= 0.6 is 0 Å². The van der Waals surface area contributed by atoms with Crippen LogP contribution in [0.4, 0.5) is 10.1 Å². The van der Waals surface area contributed by atoms with Gasteiger partial charge in [0.15, 0.2) is 0 Å². The summed E-state index contributed by atoms with van der Waals surface area (Å²) in [5, 5.41) is 6.09. The van der Waals surface area contributed by atoms with Crippen molar-refractivity contribution in [1.29, 1.82) is 0 Å². The average Bonchev–Trinajstić information content (AvgIpc) is 2.63. The molecule has 1 atom stereocenters. The molecule has 2 aromatic rings. The van der Waals surface area contributed by atoms with Gasteiger partial charge in [-0.2, -0.15) is 0 Å². The van der Waals surface area contributed by atoms with Gasteiger partial charge in [0, 0.05) is 30.3 Å². The van der Waals surface area contributed by atoms with E-state index in [0.717, 1.165) is 6.54 Å². The van der Waals surface area contributed by atoms with Crippen LogP contribution in [-0.4, -0.2) is 31.7 Å². The number of hydrogen-bond acceptors (Lipinski definition) is 4. The van der Waals surface area contributed by atoms with E-state index in [0.29, 0.717) is 36.6 Å². The number of anilines is 1. The minimum atomic E-state index is -0.285. The van der Waals surface area contributed by atoms with Crippen molar-refractivity contribution >= 4 is 11.6 Å². The van der Waals surface area contributed by atoms with Crippen LogP contribution in [0.1, 0.15) is 12.0 Å². The van der Waals surface area contributed by atoms with Crippen LogP contribution in [0.25, 0.3) is 0 Å². The van der Waals surface area contributed by atoms with Crippen LogP contribution in [0.5, 0.6) is 5.75 Å². The zero-order valence-corrected chi connectivity index (χ0v) is 13.8. The molecular formula is C19H21FN2O3. The minimum Gasteiger partial charge on any atom is -0.489 e. The first-order valence-electron chi connectivity index (χ1n) is 8.28. The average molecular weight is 344 g/mol. The predicted octanol–water partition coefficient (Wildman–Crippen LogP) is 2.72. The molecule has 0 saturated carbocycles. The van der Waals surface area contributed by atoms with Gasteiger partial charge in [-0.05, 0) is 30.3 Å². The first kappa shape index (κ1) is 17.4. The maximum Gasteiger partial charge on any atom is 0.226 e. The molecule has 2 N–H and O–H groups in total. The molecule has 1 aliphatic heterocycles. The van der Waals surface area contributed by atoms with Crippen LogP contribution in [0.2, 0.25) is 0 Å². The van der Waals surface area contributed by atoms with Crippen molar-refractivity contribution in [3.8, 4) is 5.75 Å². The molecule has 132 valence electrons. The molecule has 25 heavy (non-hydrogen) atoms. The summed E-state index contributed by atoms with van der Waals surface area (Å²) in [6, 6.07) is 13.6. The van der Waals surface area contributed by atoms with Crippen LogP contribution in [0.3, 0.4) is 0 Å². The number of ether oxygens (including phenoxy) is 2. The summed E-state index contributed by atoms with van der Waals surface area (Å²) in [5.74, 6) is 0.262. The Morgan fingerprint density at radius 1 is 1.24 bits per heavy atom. The Morgan fingerprint density at radius 3 is 2.76 bits per heavy atom. The molecule has 1 unspecified atom stereocenters. The highest BCUT2D eigenvalue weighted by Crippen LogP contribution is 2.18. The van der Waals surface area contributed by atoms with E-state index in [2.05, 4.69) is 10.6 Å². The first-order valence-corrected chi connectivity index (χ1v) is 8.28. The summed E-state index contributed by atoms with van der Waals surface area (Å²) in [6.45, 7) is 2.17. The number of nitrogens with one attached hydrogen (secondary N) is 2. The summed E-state index contributed by atoms with van der Waals surface area (Å²) in [6.07, 6.45) is 0.367. The first-order chi connectivity index (χ1) is 12.2. The lowest BCUT2D eigenvalue weighted by molar-refractivity contribution is -0.117. The number of halogens is 1. The lowest BCUT2D eigenvalue weighted by atomic mass is 10.2. The highest BCUT2D eigenvalue weighted by Gasteiger charge is 2.16. The number of hydrogen-bond donors (Lipinski definition) is 2. The fraction of sp³-hybridized carbons (Fsp3) is 0.316. The Balaban J connectivity index is 1.48. The van der Waals surface area contributed by atoms with Crippen LogP contribution in [0.15, 0.2) is 48.5 Å². The third-order valence-electron chi connectivity index (χ3n) is 3.92. The van der Waals surface area contributed by atoms with Crippen LogP contribution in [-0.2, 0) is 16.1 Å². The van der Waals surface area contributed by atoms with Crippen molar-refractivity contribution in [3.05, 3.63) is 59.9 Å². The zero-order valence-electron chi connectivity index (χ0n) is 13.8. The second-order valence-electron chi connectivity index (χ2n) is 5.88. The van der Waals surface area contributed by atoms with Gasteiger partial charge in [0.1, 0.15) is 18.2 Å². The smallest absolute Gasteiger partial charge is 0.226 e. The fourth-order valence-corrected chi connectivity index (χ4v) is 2.60. The molecule has 3 rings (SSSR count). The maximum absolute atomic E-state index is 13.6. The monoisotopic (exact) mass is 344 g/mol. The van der Waals surface area contributed by atoms with Crippen LogP contribution in [0, 0.1) is 5.82 Å². The van der Waals surface area contributed by atoms with Gasteiger partial charge in [0.2, 0.25) is 5.91 Å². The number of amides is 1. The molecule has 0 bridgehead atoms. The molecular weight excluding hydrogens is 323 g/mol. The van der Waals surface area contributed by atoms with Gasteiger partial charge >= 0.3 is 0 Å². The van der Waals surface area contributed by atoms with E-state index in [1.165, 1.54) is 6.07 Å². The number of carbonyl (C=O) groups excluding carboxylic acids is 1. The van der Waals surface area contributed by atoms with E-state index >= 15 is 0 Å². The summed E-state index contributed by atoms with van der Waals surface area (Å²) < 4.78 is 24.5. The molecule has 0 aliphatic carbocycles. The lowest BCUT2D eigenvalue weighted by Gasteiger charge is -2.23. The Hall–Kier alpha value is -2.44. The summed E-state index contributed by atoms with van der Waals surface area (Å²) in [7, 11) is 0. The van der Waals surface area contributed by atoms with Crippen molar-refractivity contribution in [2.45, 2.75) is 19.1 Å². The van der Waals surface area contributed by atoms with E-state index in [4.69, 9.17) is 9.47 Å². The van der Waals surface area contributed by atoms with Crippen molar-refractivity contribution in [3.63, 3.8) is 0 Å². The molecule has 1 fully saturated rings. The summed E-state index contributed by atoms with van der Waals surface area (Å²) in [4.78, 5) is 12.0. The van der Waals surface area contributed by atoms with Gasteiger partial charge < -0.3 is 20.1 Å². The zero-order chi connectivity index (χ0) is 17.5. The number of benzene rings is 2. The minimum absolute atomic E-state index is 0.0529. The van der Waals surface area contributed by atoms with E-state index in [1.807, 2.05) is 0 Å². The summed E-state index contributed by atoms with van der Waals surface area (Å²) >= 11 is 0. The highest BCUT2D eigenvalue weighted by atomic mass is 19.1. The van der Waals surface area contributed by atoms with Gasteiger partial charge in [-0.15, -0.1) is 0 Å². The van der Waals surface area contributed by atoms with Gasteiger partial charge in [-0.1, -0.05) is 18.2 Å². The molecule has 2 aromatic carbocycles. The number of carbonyl (C=O) groups is 1. The highest BCUT2D eigenvalue weighted by molar-refractivity contribution is 5.91. The van der Waals surface area contributed by atoms with Crippen molar-refractivity contribution in [2.24, 2.45) is 0 Å². The lowest BCUT2D eigenvalue weighted by Crippen LogP contribution is -2.43. The van der Waals surface area contributed by atoms with Crippen molar-refractivity contribution in [2.75, 3.05) is 25.1 Å². The third-order valence-corrected chi connectivity index (χ3v) is 3.92. The normalized spacial score (nSPS) is 17.1. The van der Waals surface area contributed by atoms with E-state index in [1.54, 1.807) is 42.5 Å². The van der Waals surface area contributed by atoms with Crippen molar-refractivity contribution < 1.29 is 18.7 Å². The van der Waals surface area contributed by atoms with Crippen LogP contribution < -0.4 is 15.4 Å². The Labute approximate surface area is 146 Å². The topological polar surface area (TPSA) is 59.6 Å². The van der Waals surface area contributed by atoms with Crippen molar-refractivity contribution in [1.82, 2.24) is 5.32 Å². The molecule has 0 radical (unpaired) electrons. The quantitative estimate of drug-likeness (QED) is 0.846. The molecule has 1 saturated heterocycles. The Kier molecular flexibility index (Phi) is 5.98. The second-order valence-corrected chi connectivity index (χ2v) is 5.88. The molecule has 1 amide bonds. The Bertz CT molecular complexity index is 700. The molecule has 1 heterocycles. The molecule has 0 spiro atoms. The van der Waals surface area contributed by atoms with Gasteiger partial charge in [0.05, 0.1) is 13.2 Å². The molecule has 0 aromatic heterocycles. The maximum atomic E-state index is 13.6. The predicted molar refractivity (Wildman–Crippen MR) is 93.0 cm³/mol. The molecule has 5 nitrogen and oxygen atoms in total. The van der Waals surface area contributed by atoms with E-state index in [9.17, 15) is 9.18 Å². The van der Waals surface area contributed by atoms with E-state index in [-0.39, 0.29) is 24.4 Å².